The molecule has 0 fully saturated rings. The highest BCUT2D eigenvalue weighted by molar-refractivity contribution is 7.80. The number of nitrogens with zero attached hydrogens (tertiary/aromatic N) is 1. The van der Waals surface area contributed by atoms with E-state index in [9.17, 15) is 0 Å². The van der Waals surface area contributed by atoms with Gasteiger partial charge < -0.3 is 5.32 Å². The van der Waals surface area contributed by atoms with Crippen LogP contribution in [0, 0.1) is 0 Å². The maximum atomic E-state index is 5.01. The Morgan fingerprint density at radius 2 is 2.14 bits per heavy atom. The monoisotopic (exact) mass is 207 g/mol. The lowest BCUT2D eigenvalue weighted by Crippen LogP contribution is -2.23. The molecule has 1 aromatic carbocycles. The van der Waals surface area contributed by atoms with Crippen molar-refractivity contribution in [3.8, 4) is 0 Å². The molecule has 0 atom stereocenters. The van der Waals surface area contributed by atoms with Crippen LogP contribution in [0.15, 0.2) is 35.4 Å². The highest BCUT2D eigenvalue weighted by Crippen LogP contribution is 2.03. The molecule has 0 saturated carbocycles. The first-order valence-electron chi connectivity index (χ1n) is 4.46. The maximum Gasteiger partial charge on any atom is 0.191 e. The maximum absolute atomic E-state index is 5.01. The molecule has 0 aliphatic carbocycles. The number of thiocarbonyl (C=S) groups is 1. The van der Waals surface area contributed by atoms with Gasteiger partial charge in [0, 0.05) is 11.9 Å². The Morgan fingerprint density at radius 3 is 2.79 bits per heavy atom. The zero-order valence-corrected chi connectivity index (χ0v) is 8.84. The Morgan fingerprint density at radius 1 is 1.43 bits per heavy atom. The van der Waals surface area contributed by atoms with E-state index in [1.807, 2.05) is 37.3 Å². The van der Waals surface area contributed by atoms with Gasteiger partial charge in [-0.1, -0.05) is 25.1 Å². The number of hydrazone groups is 1. The minimum Gasteiger partial charge on any atom is -0.331 e. The quantitative estimate of drug-likeness (QED) is 0.454. The molecule has 3 nitrogen and oxygen atoms in total. The first-order valence-corrected chi connectivity index (χ1v) is 4.87. The highest BCUT2D eigenvalue weighted by Gasteiger charge is 1.92. The molecule has 1 aromatic rings. The molecule has 0 bridgehead atoms. The van der Waals surface area contributed by atoms with Crippen LogP contribution in [0.25, 0.3) is 0 Å². The van der Waals surface area contributed by atoms with Gasteiger partial charge in [0.1, 0.15) is 0 Å². The average Bonchev–Trinajstić information content (AvgIpc) is 2.20. The van der Waals surface area contributed by atoms with Crippen molar-refractivity contribution in [2.75, 3.05) is 5.32 Å². The van der Waals surface area contributed by atoms with E-state index in [1.165, 1.54) is 0 Å². The van der Waals surface area contributed by atoms with Crippen molar-refractivity contribution >= 4 is 29.2 Å². The third-order valence-corrected chi connectivity index (χ3v) is 1.66. The molecule has 0 aromatic heterocycles. The van der Waals surface area contributed by atoms with Crippen LogP contribution in [0.2, 0.25) is 0 Å². The van der Waals surface area contributed by atoms with E-state index < -0.39 is 0 Å². The van der Waals surface area contributed by atoms with Gasteiger partial charge in [0.25, 0.3) is 0 Å². The van der Waals surface area contributed by atoms with Crippen LogP contribution < -0.4 is 10.7 Å². The zero-order chi connectivity index (χ0) is 10.2. The van der Waals surface area contributed by atoms with Crippen LogP contribution >= 0.6 is 12.2 Å². The van der Waals surface area contributed by atoms with E-state index in [-0.39, 0.29) is 0 Å². The molecule has 2 N–H and O–H groups in total. The van der Waals surface area contributed by atoms with Gasteiger partial charge in [0.2, 0.25) is 0 Å². The largest absolute Gasteiger partial charge is 0.331 e. The fourth-order valence-electron chi connectivity index (χ4n) is 0.876. The van der Waals surface area contributed by atoms with E-state index in [4.69, 9.17) is 12.2 Å². The number of para-hydroxylation sites is 1. The number of benzene rings is 1. The molecule has 0 amide bonds. The molecule has 0 aliphatic rings. The summed E-state index contributed by atoms with van der Waals surface area (Å²) < 4.78 is 0. The van der Waals surface area contributed by atoms with Crippen LogP contribution in [0.5, 0.6) is 0 Å². The first-order chi connectivity index (χ1) is 6.83. The van der Waals surface area contributed by atoms with Gasteiger partial charge >= 0.3 is 0 Å². The Balaban J connectivity index is 2.38. The molecular formula is C10H13N3S. The Kier molecular flexibility index (Phi) is 4.64. The van der Waals surface area contributed by atoms with Crippen molar-refractivity contribution in [2.45, 2.75) is 13.3 Å². The molecule has 1 rings (SSSR count). The summed E-state index contributed by atoms with van der Waals surface area (Å²) in [5, 5.41) is 7.42. The Bertz CT molecular complexity index is 308. The van der Waals surface area contributed by atoms with Crippen molar-refractivity contribution in [3.63, 3.8) is 0 Å². The van der Waals surface area contributed by atoms with Crippen LogP contribution in [-0.4, -0.2) is 11.3 Å². The standard InChI is InChI=1S/C10H13N3S/c1-2-8-11-13-10(14)12-9-6-4-3-5-7-9/h3-8H,2H2,1H3,(H2,12,13,14). The minimum atomic E-state index is 0.501. The predicted molar refractivity (Wildman–Crippen MR) is 64.6 cm³/mol. The summed E-state index contributed by atoms with van der Waals surface area (Å²) in [4.78, 5) is 0. The Labute approximate surface area is 89.2 Å². The third-order valence-electron chi connectivity index (χ3n) is 1.47. The van der Waals surface area contributed by atoms with E-state index in [2.05, 4.69) is 15.8 Å². The lowest BCUT2D eigenvalue weighted by molar-refractivity contribution is 1.04. The second-order valence-corrected chi connectivity index (χ2v) is 3.06. The summed E-state index contributed by atoms with van der Waals surface area (Å²) in [6.07, 6.45) is 2.65. The number of hydrogen-bond acceptors (Lipinski definition) is 2. The molecule has 74 valence electrons. The van der Waals surface area contributed by atoms with Gasteiger partial charge in [-0.3, -0.25) is 5.43 Å². The fourth-order valence-corrected chi connectivity index (χ4v) is 1.05. The second kappa shape index (κ2) is 6.10. The fraction of sp³-hybridized carbons (Fsp3) is 0.200. The lowest BCUT2D eigenvalue weighted by Gasteiger charge is -2.05. The molecular weight excluding hydrogens is 194 g/mol. The first kappa shape index (κ1) is 10.7. The van der Waals surface area contributed by atoms with Gasteiger partial charge in [-0.25, -0.2) is 0 Å². The van der Waals surface area contributed by atoms with E-state index in [0.717, 1.165) is 12.1 Å². The van der Waals surface area contributed by atoms with Crippen molar-refractivity contribution in [1.82, 2.24) is 5.43 Å². The summed E-state index contributed by atoms with van der Waals surface area (Å²) in [6, 6.07) is 9.73. The molecule has 0 heterocycles. The highest BCUT2D eigenvalue weighted by atomic mass is 32.1. The van der Waals surface area contributed by atoms with Crippen LogP contribution in [-0.2, 0) is 0 Å². The SMILES string of the molecule is CCC=NNC(=S)Nc1ccccc1. The summed E-state index contributed by atoms with van der Waals surface area (Å²) in [6.45, 7) is 2.01. The van der Waals surface area contributed by atoms with E-state index >= 15 is 0 Å². The number of nitrogens with one attached hydrogen (secondary N) is 2. The van der Waals surface area contributed by atoms with E-state index in [1.54, 1.807) is 6.21 Å². The number of rotatable bonds is 3. The van der Waals surface area contributed by atoms with Gasteiger partial charge in [-0.15, -0.1) is 0 Å². The molecule has 4 heteroatoms. The third kappa shape index (κ3) is 4.00. The summed E-state index contributed by atoms with van der Waals surface area (Å²) in [7, 11) is 0. The number of hydrogen-bond donors (Lipinski definition) is 2. The van der Waals surface area contributed by atoms with Gasteiger partial charge in [0.05, 0.1) is 0 Å². The molecule has 0 spiro atoms. The normalized spacial score (nSPS) is 10.1. The topological polar surface area (TPSA) is 36.4 Å². The molecule has 0 unspecified atom stereocenters. The average molecular weight is 207 g/mol. The summed E-state index contributed by atoms with van der Waals surface area (Å²) in [5.41, 5.74) is 3.68. The van der Waals surface area contributed by atoms with Crippen molar-refractivity contribution < 1.29 is 0 Å². The zero-order valence-electron chi connectivity index (χ0n) is 8.03. The summed E-state index contributed by atoms with van der Waals surface area (Å²) in [5.74, 6) is 0. The second-order valence-electron chi connectivity index (χ2n) is 2.65. The van der Waals surface area contributed by atoms with E-state index in [0.29, 0.717) is 5.11 Å². The van der Waals surface area contributed by atoms with Crippen molar-refractivity contribution in [2.24, 2.45) is 5.10 Å². The molecule has 0 aliphatic heterocycles. The minimum absolute atomic E-state index is 0.501. The van der Waals surface area contributed by atoms with Crippen molar-refractivity contribution in [1.29, 1.82) is 0 Å². The summed E-state index contributed by atoms with van der Waals surface area (Å²) >= 11 is 5.01. The number of anilines is 1. The van der Waals surface area contributed by atoms with Gasteiger partial charge in [0.15, 0.2) is 5.11 Å². The molecule has 14 heavy (non-hydrogen) atoms. The Hall–Kier alpha value is -1.42. The predicted octanol–water partition coefficient (Wildman–Crippen LogP) is 2.37. The van der Waals surface area contributed by atoms with Crippen LogP contribution in [0.4, 0.5) is 5.69 Å². The van der Waals surface area contributed by atoms with Crippen LogP contribution in [0.3, 0.4) is 0 Å². The smallest absolute Gasteiger partial charge is 0.191 e. The van der Waals surface area contributed by atoms with Gasteiger partial charge in [-0.2, -0.15) is 5.10 Å². The molecule has 0 radical (unpaired) electrons. The van der Waals surface area contributed by atoms with Crippen molar-refractivity contribution in [3.05, 3.63) is 30.3 Å². The molecule has 0 saturated heterocycles. The van der Waals surface area contributed by atoms with Gasteiger partial charge in [-0.05, 0) is 30.8 Å². The van der Waals surface area contributed by atoms with Crippen LogP contribution in [0.1, 0.15) is 13.3 Å². The lowest BCUT2D eigenvalue weighted by atomic mass is 10.3.